The van der Waals surface area contributed by atoms with E-state index in [2.05, 4.69) is 26.8 Å². The van der Waals surface area contributed by atoms with Crippen LogP contribution in [0.25, 0.3) is 0 Å². The second-order valence-electron chi connectivity index (χ2n) is 12.5. The van der Waals surface area contributed by atoms with E-state index >= 15 is 0 Å². The SMILES string of the molecule is COc1ccc2c3c1O[C@H]1[C@H]4CC[C@@]5(CCN4C(=O)CN4CCOCC4)[C@@H](C2)N(CC2CC2)CC[C@]315. The third-order valence-electron chi connectivity index (χ3n) is 11.2. The van der Waals surface area contributed by atoms with Crippen molar-refractivity contribution in [1.29, 1.82) is 0 Å². The quantitative estimate of drug-likeness (QED) is 0.628. The third-order valence-corrected chi connectivity index (χ3v) is 11.2. The highest BCUT2D eigenvalue weighted by atomic mass is 16.5. The summed E-state index contributed by atoms with van der Waals surface area (Å²) < 4.78 is 18.4. The zero-order chi connectivity index (χ0) is 24.1. The minimum absolute atomic E-state index is 0.00604. The number of amides is 1. The molecular formula is C29H39N3O4. The van der Waals surface area contributed by atoms with Crippen molar-refractivity contribution in [2.24, 2.45) is 11.3 Å². The number of hydrogen-bond acceptors (Lipinski definition) is 6. The minimum atomic E-state index is 0.00604. The number of carbonyl (C=O) groups excluding carboxylic acids is 1. The van der Waals surface area contributed by atoms with Gasteiger partial charge in [-0.2, -0.15) is 0 Å². The van der Waals surface area contributed by atoms with Crippen molar-refractivity contribution in [2.75, 3.05) is 59.6 Å². The molecule has 2 saturated carbocycles. The van der Waals surface area contributed by atoms with E-state index < -0.39 is 0 Å². The number of nitrogens with zero attached hydrogens (tertiary/aromatic N) is 3. The Morgan fingerprint density at radius 1 is 1.08 bits per heavy atom. The van der Waals surface area contributed by atoms with Crippen molar-refractivity contribution >= 4 is 5.91 Å². The van der Waals surface area contributed by atoms with Crippen molar-refractivity contribution in [3.8, 4) is 11.5 Å². The summed E-state index contributed by atoms with van der Waals surface area (Å²) in [4.78, 5) is 21.3. The number of morpholine rings is 1. The molecule has 9 rings (SSSR count). The van der Waals surface area contributed by atoms with E-state index in [0.29, 0.717) is 12.6 Å². The third kappa shape index (κ3) is 2.83. The molecule has 1 aromatic carbocycles. The van der Waals surface area contributed by atoms with Crippen molar-refractivity contribution in [3.05, 3.63) is 23.3 Å². The summed E-state index contributed by atoms with van der Waals surface area (Å²) in [5.41, 5.74) is 3.12. The van der Waals surface area contributed by atoms with E-state index in [1.54, 1.807) is 7.11 Å². The summed E-state index contributed by atoms with van der Waals surface area (Å²) >= 11 is 0. The molecular weight excluding hydrogens is 454 g/mol. The molecule has 1 aromatic rings. The molecule has 5 aliphatic heterocycles. The monoisotopic (exact) mass is 493 g/mol. The fourth-order valence-electron chi connectivity index (χ4n) is 9.49. The van der Waals surface area contributed by atoms with Gasteiger partial charge in [0.1, 0.15) is 6.10 Å². The van der Waals surface area contributed by atoms with Gasteiger partial charge in [-0.1, -0.05) is 6.07 Å². The van der Waals surface area contributed by atoms with Crippen LogP contribution in [0.15, 0.2) is 12.1 Å². The number of rotatable bonds is 5. The Morgan fingerprint density at radius 2 is 1.94 bits per heavy atom. The number of piperidine rings is 1. The van der Waals surface area contributed by atoms with E-state index in [-0.39, 0.29) is 28.9 Å². The summed E-state index contributed by atoms with van der Waals surface area (Å²) in [6, 6.07) is 5.15. The average molecular weight is 494 g/mol. The van der Waals surface area contributed by atoms with Crippen LogP contribution in [0.3, 0.4) is 0 Å². The van der Waals surface area contributed by atoms with E-state index in [1.807, 2.05) is 0 Å². The van der Waals surface area contributed by atoms with Crippen molar-refractivity contribution in [1.82, 2.24) is 14.7 Å². The van der Waals surface area contributed by atoms with Gasteiger partial charge in [-0.05, 0) is 69.0 Å². The van der Waals surface area contributed by atoms with E-state index in [4.69, 9.17) is 14.2 Å². The second-order valence-corrected chi connectivity index (χ2v) is 12.5. The van der Waals surface area contributed by atoms with Gasteiger partial charge in [0.15, 0.2) is 11.5 Å². The van der Waals surface area contributed by atoms with Gasteiger partial charge in [0, 0.05) is 48.6 Å². The van der Waals surface area contributed by atoms with E-state index in [9.17, 15) is 4.79 Å². The normalized spacial score (nSPS) is 38.9. The van der Waals surface area contributed by atoms with Gasteiger partial charge in [-0.3, -0.25) is 14.6 Å². The number of methoxy groups -OCH3 is 1. The van der Waals surface area contributed by atoms with Crippen molar-refractivity contribution < 1.29 is 19.0 Å². The molecule has 4 saturated heterocycles. The summed E-state index contributed by atoms with van der Waals surface area (Å²) in [5.74, 6) is 3.04. The highest BCUT2D eigenvalue weighted by molar-refractivity contribution is 5.79. The Hall–Kier alpha value is -1.83. The fraction of sp³-hybridized carbons (Fsp3) is 0.759. The maximum absolute atomic E-state index is 13.9. The number of fused-ring (bicyclic) bond motifs is 3. The molecule has 1 amide bonds. The topological polar surface area (TPSA) is 54.5 Å². The molecule has 7 heteroatoms. The van der Waals surface area contributed by atoms with Gasteiger partial charge in [-0.15, -0.1) is 0 Å². The molecule has 8 aliphatic rings. The average Bonchev–Trinajstić information content (AvgIpc) is 3.69. The molecule has 0 aromatic heterocycles. The van der Waals surface area contributed by atoms with Crippen LogP contribution in [0.2, 0.25) is 0 Å². The number of benzene rings is 1. The van der Waals surface area contributed by atoms with Crippen LogP contribution in [0.5, 0.6) is 11.5 Å². The maximum Gasteiger partial charge on any atom is 0.237 e. The fourth-order valence-corrected chi connectivity index (χ4v) is 9.49. The van der Waals surface area contributed by atoms with Gasteiger partial charge in [0.05, 0.1) is 32.9 Å². The summed E-state index contributed by atoms with van der Waals surface area (Å²) in [6.45, 7) is 6.95. The number of ether oxygens (including phenoxy) is 3. The van der Waals surface area contributed by atoms with Gasteiger partial charge in [0.25, 0.3) is 0 Å². The van der Waals surface area contributed by atoms with Gasteiger partial charge in [0.2, 0.25) is 5.91 Å². The second kappa shape index (κ2) is 7.84. The van der Waals surface area contributed by atoms with Crippen LogP contribution in [-0.4, -0.2) is 98.4 Å². The summed E-state index contributed by atoms with van der Waals surface area (Å²) in [7, 11) is 1.76. The predicted molar refractivity (Wildman–Crippen MR) is 135 cm³/mol. The highest BCUT2D eigenvalue weighted by Crippen LogP contribution is 2.71. The first-order valence-electron chi connectivity index (χ1n) is 14.4. The Kier molecular flexibility index (Phi) is 4.83. The zero-order valence-corrected chi connectivity index (χ0v) is 21.5. The Labute approximate surface area is 214 Å². The lowest BCUT2D eigenvalue weighted by molar-refractivity contribution is -0.145. The van der Waals surface area contributed by atoms with Crippen LogP contribution in [0, 0.1) is 11.3 Å². The first-order valence-corrected chi connectivity index (χ1v) is 14.4. The molecule has 3 aliphatic carbocycles. The van der Waals surface area contributed by atoms with Crippen LogP contribution < -0.4 is 9.47 Å². The van der Waals surface area contributed by atoms with Gasteiger partial charge >= 0.3 is 0 Å². The number of hydrogen-bond donors (Lipinski definition) is 0. The largest absolute Gasteiger partial charge is 0.493 e. The maximum atomic E-state index is 13.9. The molecule has 5 heterocycles. The molecule has 5 atom stereocenters. The lowest BCUT2D eigenvalue weighted by Crippen LogP contribution is -2.72. The molecule has 4 bridgehead atoms. The van der Waals surface area contributed by atoms with Crippen LogP contribution in [0.4, 0.5) is 0 Å². The summed E-state index contributed by atoms with van der Waals surface area (Å²) in [6.07, 6.45) is 8.47. The van der Waals surface area contributed by atoms with Crippen LogP contribution in [-0.2, 0) is 21.4 Å². The molecule has 194 valence electrons. The molecule has 0 unspecified atom stereocenters. The first kappa shape index (κ1) is 22.2. The minimum Gasteiger partial charge on any atom is -0.493 e. The van der Waals surface area contributed by atoms with Crippen LogP contribution in [0.1, 0.15) is 49.7 Å². The van der Waals surface area contributed by atoms with E-state index in [0.717, 1.165) is 82.5 Å². The Morgan fingerprint density at radius 3 is 2.75 bits per heavy atom. The van der Waals surface area contributed by atoms with Gasteiger partial charge in [-0.25, -0.2) is 0 Å². The molecule has 7 nitrogen and oxygen atoms in total. The predicted octanol–water partition coefficient (Wildman–Crippen LogP) is 2.45. The molecule has 0 radical (unpaired) electrons. The first-order chi connectivity index (χ1) is 17.6. The summed E-state index contributed by atoms with van der Waals surface area (Å²) in [5, 5.41) is 0. The Bertz CT molecular complexity index is 1080. The Balaban J connectivity index is 1.22. The van der Waals surface area contributed by atoms with Crippen molar-refractivity contribution in [2.45, 2.75) is 68.5 Å². The molecule has 6 fully saturated rings. The van der Waals surface area contributed by atoms with Crippen LogP contribution >= 0.6 is 0 Å². The molecule has 0 N–H and O–H groups in total. The standard InChI is InChI=1S/C29H39N3O4/c1-34-22-5-4-20-16-23-28-7-6-21(32(11-8-28)24(33)18-30-12-14-35-15-13-30)27-29(28,25(20)26(22)36-27)9-10-31(23)17-19-2-3-19/h4-5,19,21,23,27H,2-3,6-18H2,1H3/t21-,23-,27+,28-,29+/m1/s1. The molecule has 36 heavy (non-hydrogen) atoms. The molecule has 2 spiro atoms. The zero-order valence-electron chi connectivity index (χ0n) is 21.5. The number of carbonyl (C=O) groups is 1. The van der Waals surface area contributed by atoms with E-state index in [1.165, 1.54) is 36.9 Å². The number of likely N-dealkylation sites (tertiary alicyclic amines) is 1. The highest BCUT2D eigenvalue weighted by Gasteiger charge is 2.74. The lowest BCUT2D eigenvalue weighted by atomic mass is 9.42. The van der Waals surface area contributed by atoms with Gasteiger partial charge < -0.3 is 19.1 Å². The van der Waals surface area contributed by atoms with Crippen molar-refractivity contribution in [3.63, 3.8) is 0 Å². The lowest BCUT2D eigenvalue weighted by Gasteiger charge is -2.66. The smallest absolute Gasteiger partial charge is 0.237 e.